The normalized spacial score (nSPS) is 17.0. The zero-order valence-electron chi connectivity index (χ0n) is 4.73. The average molecular weight is 232 g/mol. The number of rotatable bonds is 0. The quantitative estimate of drug-likeness (QED) is 0.461. The molecule has 1 aliphatic carbocycles. The molecule has 1 aliphatic rings. The Morgan fingerprint density at radius 3 is 2.89 bits per heavy atom. The van der Waals surface area contributed by atoms with Gasteiger partial charge in [0.05, 0.1) is 0 Å². The van der Waals surface area contributed by atoms with Crippen LogP contribution in [0.15, 0.2) is 27.4 Å². The molecule has 2 heteroatoms. The van der Waals surface area contributed by atoms with Gasteiger partial charge < -0.3 is 0 Å². The van der Waals surface area contributed by atoms with E-state index in [1.165, 1.54) is 3.58 Å². The predicted octanol–water partition coefficient (Wildman–Crippen LogP) is 2.02. The van der Waals surface area contributed by atoms with Gasteiger partial charge in [0.15, 0.2) is 0 Å². The van der Waals surface area contributed by atoms with Crippen molar-refractivity contribution in [3.8, 4) is 0 Å². The molecule has 0 aromatic rings. The van der Waals surface area contributed by atoms with Crippen LogP contribution in [-0.4, -0.2) is 5.94 Å². The van der Waals surface area contributed by atoms with Crippen molar-refractivity contribution in [2.24, 2.45) is 0 Å². The van der Waals surface area contributed by atoms with E-state index in [0.29, 0.717) is 0 Å². The van der Waals surface area contributed by atoms with Crippen LogP contribution in [0, 0.1) is 0 Å². The molecule has 46 valence electrons. The van der Waals surface area contributed by atoms with Crippen LogP contribution in [-0.2, 0) is 4.79 Å². The van der Waals surface area contributed by atoms with Crippen molar-refractivity contribution >= 4 is 28.5 Å². The average Bonchev–Trinajstić information content (AvgIpc) is 1.88. The Kier molecular flexibility index (Phi) is 2.25. The first-order valence-electron chi connectivity index (χ1n) is 2.59. The second-order valence-corrected chi connectivity index (χ2v) is 3.16. The molecule has 0 saturated heterocycles. The molecule has 1 rings (SSSR count). The smallest absolute Gasteiger partial charge is 0.128 e. The van der Waals surface area contributed by atoms with Gasteiger partial charge in [0.2, 0.25) is 0 Å². The molecule has 0 atom stereocenters. The third-order valence-corrected chi connectivity index (χ3v) is 1.81. The van der Waals surface area contributed by atoms with E-state index in [-0.39, 0.29) is 0 Å². The van der Waals surface area contributed by atoms with Crippen LogP contribution in [0.5, 0.6) is 0 Å². The first kappa shape index (κ1) is 6.78. The molecule has 0 bridgehead atoms. The maximum absolute atomic E-state index is 10.1. The third-order valence-electron chi connectivity index (χ3n) is 1.06. The molecule has 9 heavy (non-hydrogen) atoms. The van der Waals surface area contributed by atoms with Crippen LogP contribution in [0.3, 0.4) is 0 Å². The second kappa shape index (κ2) is 2.99. The van der Waals surface area contributed by atoms with Gasteiger partial charge in [0.1, 0.15) is 5.94 Å². The summed E-state index contributed by atoms with van der Waals surface area (Å²) in [5.41, 5.74) is 0.738. The summed E-state index contributed by atoms with van der Waals surface area (Å²) < 4.78 is 1.19. The van der Waals surface area contributed by atoms with Crippen molar-refractivity contribution < 1.29 is 4.79 Å². The molecule has 0 aromatic carbocycles. The van der Waals surface area contributed by atoms with E-state index in [1.54, 1.807) is 6.08 Å². The molecular weight excluding hydrogens is 227 g/mol. The molecule has 0 radical (unpaired) electrons. The Morgan fingerprint density at radius 2 is 2.44 bits per heavy atom. The SMILES string of the molecule is O=C=C1C=CC=C(I)C1. The Balaban J connectivity index is 2.85. The van der Waals surface area contributed by atoms with Crippen molar-refractivity contribution in [1.29, 1.82) is 0 Å². The molecule has 0 saturated carbocycles. The third kappa shape index (κ3) is 1.80. The lowest BCUT2D eigenvalue weighted by Gasteiger charge is -1.99. The summed E-state index contributed by atoms with van der Waals surface area (Å²) in [4.78, 5) is 10.1. The number of hydrogen-bond donors (Lipinski definition) is 0. The molecule has 1 nitrogen and oxygen atoms in total. The fourth-order valence-electron chi connectivity index (χ4n) is 0.639. The fourth-order valence-corrected chi connectivity index (χ4v) is 1.26. The molecular formula is C7H5IO. The van der Waals surface area contributed by atoms with Gasteiger partial charge in [0.25, 0.3) is 0 Å². The van der Waals surface area contributed by atoms with Crippen LogP contribution in [0.2, 0.25) is 0 Å². The number of halogens is 1. The maximum atomic E-state index is 10.1. The van der Waals surface area contributed by atoms with E-state index in [0.717, 1.165) is 12.0 Å². The van der Waals surface area contributed by atoms with Crippen molar-refractivity contribution in [2.45, 2.75) is 6.42 Å². The van der Waals surface area contributed by atoms with Gasteiger partial charge in [0, 0.05) is 12.0 Å². The van der Waals surface area contributed by atoms with Crippen molar-refractivity contribution in [3.05, 3.63) is 27.4 Å². The summed E-state index contributed by atoms with van der Waals surface area (Å²) >= 11 is 2.21. The fraction of sp³-hybridized carbons (Fsp3) is 0.143. The molecule has 0 spiro atoms. The van der Waals surface area contributed by atoms with Crippen LogP contribution < -0.4 is 0 Å². The minimum absolute atomic E-state index is 0.738. The zero-order chi connectivity index (χ0) is 6.69. The molecule has 0 unspecified atom stereocenters. The van der Waals surface area contributed by atoms with E-state index >= 15 is 0 Å². The Bertz CT molecular complexity index is 219. The number of hydrogen-bond acceptors (Lipinski definition) is 1. The molecule has 0 aliphatic heterocycles. The van der Waals surface area contributed by atoms with Gasteiger partial charge in [-0.05, 0) is 32.2 Å². The van der Waals surface area contributed by atoms with Gasteiger partial charge in [-0.3, -0.25) is 0 Å². The highest BCUT2D eigenvalue weighted by Crippen LogP contribution is 2.20. The molecule has 0 heterocycles. The molecule has 0 amide bonds. The van der Waals surface area contributed by atoms with Gasteiger partial charge >= 0.3 is 0 Å². The highest BCUT2D eigenvalue weighted by molar-refractivity contribution is 14.1. The van der Waals surface area contributed by atoms with Gasteiger partial charge in [-0.1, -0.05) is 12.2 Å². The summed E-state index contributed by atoms with van der Waals surface area (Å²) in [6, 6.07) is 0. The van der Waals surface area contributed by atoms with E-state index < -0.39 is 0 Å². The van der Waals surface area contributed by atoms with Crippen LogP contribution in [0.1, 0.15) is 6.42 Å². The van der Waals surface area contributed by atoms with Crippen molar-refractivity contribution in [1.82, 2.24) is 0 Å². The minimum Gasteiger partial charge on any atom is -0.233 e. The zero-order valence-corrected chi connectivity index (χ0v) is 6.88. The van der Waals surface area contributed by atoms with E-state index in [9.17, 15) is 4.79 Å². The molecule has 0 aromatic heterocycles. The van der Waals surface area contributed by atoms with Gasteiger partial charge in [-0.25, -0.2) is 4.79 Å². The highest BCUT2D eigenvalue weighted by Gasteiger charge is 1.99. The lowest BCUT2D eigenvalue weighted by molar-refractivity contribution is 0.567. The Labute approximate surface area is 67.3 Å². The summed E-state index contributed by atoms with van der Waals surface area (Å²) in [6.45, 7) is 0. The Hall–Kier alpha value is -0.340. The van der Waals surface area contributed by atoms with Crippen molar-refractivity contribution in [2.75, 3.05) is 0 Å². The molecule has 0 fully saturated rings. The monoisotopic (exact) mass is 232 g/mol. The summed E-state index contributed by atoms with van der Waals surface area (Å²) in [6.07, 6.45) is 6.39. The number of allylic oxidation sites excluding steroid dienone is 5. The summed E-state index contributed by atoms with van der Waals surface area (Å²) in [5, 5.41) is 0. The first-order valence-corrected chi connectivity index (χ1v) is 3.67. The standard InChI is InChI=1S/C7H5IO/c8-7-3-1-2-6(4-7)5-9/h1-3H,4H2. The number of carbonyl (C=O) groups excluding carboxylic acids is 1. The minimum atomic E-state index is 0.738. The largest absolute Gasteiger partial charge is 0.233 e. The second-order valence-electron chi connectivity index (χ2n) is 1.78. The topological polar surface area (TPSA) is 17.1 Å². The van der Waals surface area contributed by atoms with E-state index in [4.69, 9.17) is 0 Å². The molecule has 0 N–H and O–H groups in total. The lowest BCUT2D eigenvalue weighted by Crippen LogP contribution is -1.83. The Morgan fingerprint density at radius 1 is 1.67 bits per heavy atom. The van der Waals surface area contributed by atoms with Crippen molar-refractivity contribution in [3.63, 3.8) is 0 Å². The maximum Gasteiger partial charge on any atom is 0.128 e. The first-order chi connectivity index (χ1) is 4.33. The summed E-state index contributed by atoms with van der Waals surface area (Å²) in [5.74, 6) is 1.87. The predicted molar refractivity (Wildman–Crippen MR) is 45.1 cm³/mol. The van der Waals surface area contributed by atoms with Crippen LogP contribution in [0.25, 0.3) is 0 Å². The van der Waals surface area contributed by atoms with Crippen LogP contribution in [0.4, 0.5) is 0 Å². The van der Waals surface area contributed by atoms with Gasteiger partial charge in [-0.2, -0.15) is 0 Å². The van der Waals surface area contributed by atoms with Crippen LogP contribution >= 0.6 is 22.6 Å². The van der Waals surface area contributed by atoms with E-state index in [1.807, 2.05) is 18.1 Å². The summed E-state index contributed by atoms with van der Waals surface area (Å²) in [7, 11) is 0. The van der Waals surface area contributed by atoms with E-state index in [2.05, 4.69) is 22.6 Å². The highest BCUT2D eigenvalue weighted by atomic mass is 127. The lowest BCUT2D eigenvalue weighted by atomic mass is 10.1. The van der Waals surface area contributed by atoms with Gasteiger partial charge in [-0.15, -0.1) is 0 Å².